The van der Waals surface area contributed by atoms with Crippen LogP contribution in [-0.2, 0) is 14.3 Å². The molecule has 0 spiro atoms. The van der Waals surface area contributed by atoms with Gasteiger partial charge in [0.15, 0.2) is 0 Å². The Kier molecular flexibility index (Phi) is 8.04. The van der Waals surface area contributed by atoms with Crippen molar-refractivity contribution >= 4 is 27.9 Å². The monoisotopic (exact) mass is 476 g/mol. The molecular weight excluding hydrogens is 452 g/mol. The molecule has 3 N–H and O–H groups in total. The van der Waals surface area contributed by atoms with Gasteiger partial charge >= 0.3 is 6.09 Å². The van der Waals surface area contributed by atoms with Gasteiger partial charge in [-0.25, -0.2) is 9.78 Å². The number of H-pyrrole nitrogens is 1. The van der Waals surface area contributed by atoms with Gasteiger partial charge in [0.05, 0.1) is 25.5 Å². The van der Waals surface area contributed by atoms with E-state index in [0.717, 1.165) is 15.7 Å². The number of aromatic amines is 1. The molecule has 160 valence electrons. The van der Waals surface area contributed by atoms with Crippen LogP contribution < -0.4 is 10.6 Å². The average molecular weight is 477 g/mol. The molecule has 2 heterocycles. The third-order valence-corrected chi connectivity index (χ3v) is 5.26. The molecule has 1 aliphatic rings. The summed E-state index contributed by atoms with van der Waals surface area (Å²) in [5, 5.41) is 5.60. The van der Waals surface area contributed by atoms with E-state index in [0.29, 0.717) is 38.3 Å². The Morgan fingerprint density at radius 1 is 1.27 bits per heavy atom. The van der Waals surface area contributed by atoms with Crippen molar-refractivity contribution in [2.75, 3.05) is 20.3 Å². The number of imidazole rings is 1. The zero-order valence-corrected chi connectivity index (χ0v) is 18.3. The number of allylic oxidation sites excluding steroid dienone is 1. The summed E-state index contributed by atoms with van der Waals surface area (Å²) in [6, 6.07) is 6.75. The normalized spacial score (nSPS) is 21.6. The van der Waals surface area contributed by atoms with E-state index in [-0.39, 0.29) is 11.9 Å². The van der Waals surface area contributed by atoms with E-state index in [2.05, 4.69) is 41.3 Å². The number of carbonyl (C=O) groups excluding carboxylic acids is 2. The molecule has 0 saturated carbocycles. The van der Waals surface area contributed by atoms with Crippen LogP contribution >= 0.6 is 15.9 Å². The van der Waals surface area contributed by atoms with Gasteiger partial charge in [-0.2, -0.15) is 0 Å². The number of benzene rings is 1. The highest BCUT2D eigenvalue weighted by Gasteiger charge is 2.25. The molecule has 2 atom stereocenters. The topological polar surface area (TPSA) is 105 Å². The first kappa shape index (κ1) is 22.0. The number of hydrogen-bond donors (Lipinski definition) is 3. The van der Waals surface area contributed by atoms with Gasteiger partial charge in [0.1, 0.15) is 11.9 Å². The van der Waals surface area contributed by atoms with Gasteiger partial charge in [-0.3, -0.25) is 4.79 Å². The lowest BCUT2D eigenvalue weighted by atomic mass is 10.1. The number of methoxy groups -OCH3 is 1. The van der Waals surface area contributed by atoms with Gasteiger partial charge in [-0.05, 0) is 31.4 Å². The fraction of sp³-hybridized carbons (Fsp3) is 0.381. The molecule has 2 unspecified atom stereocenters. The summed E-state index contributed by atoms with van der Waals surface area (Å²) in [4.78, 5) is 32.4. The van der Waals surface area contributed by atoms with E-state index in [1.807, 2.05) is 42.6 Å². The quantitative estimate of drug-likeness (QED) is 0.588. The lowest BCUT2D eigenvalue weighted by Gasteiger charge is -2.22. The Balaban J connectivity index is 1.79. The van der Waals surface area contributed by atoms with Crippen LogP contribution in [0.2, 0.25) is 0 Å². The minimum atomic E-state index is -0.703. The van der Waals surface area contributed by atoms with E-state index >= 15 is 0 Å². The lowest BCUT2D eigenvalue weighted by Crippen LogP contribution is -2.48. The molecule has 3 rings (SSSR count). The molecule has 0 saturated heterocycles. The maximum absolute atomic E-state index is 12.9. The number of halogens is 1. The fourth-order valence-electron chi connectivity index (χ4n) is 3.10. The van der Waals surface area contributed by atoms with Crippen molar-refractivity contribution in [3.05, 3.63) is 52.9 Å². The average Bonchev–Trinajstić information content (AvgIpc) is 3.23. The highest BCUT2D eigenvalue weighted by Crippen LogP contribution is 2.23. The van der Waals surface area contributed by atoms with E-state index in [1.54, 1.807) is 0 Å². The first-order valence-corrected chi connectivity index (χ1v) is 10.5. The summed E-state index contributed by atoms with van der Waals surface area (Å²) in [5.74, 6) is 0.343. The molecule has 1 aromatic heterocycles. The molecule has 0 fully saturated rings. The Bertz CT molecular complexity index is 881. The summed E-state index contributed by atoms with van der Waals surface area (Å²) < 4.78 is 11.3. The van der Waals surface area contributed by atoms with E-state index < -0.39 is 12.1 Å². The summed E-state index contributed by atoms with van der Waals surface area (Å²) >= 11 is 3.43. The van der Waals surface area contributed by atoms with Crippen molar-refractivity contribution in [2.24, 2.45) is 0 Å². The second-order valence-corrected chi connectivity index (χ2v) is 7.76. The minimum absolute atomic E-state index is 0.291. The predicted molar refractivity (Wildman–Crippen MR) is 116 cm³/mol. The zero-order valence-electron chi connectivity index (χ0n) is 16.7. The number of ether oxygens (including phenoxy) is 2. The van der Waals surface area contributed by atoms with Crippen LogP contribution in [0.1, 0.15) is 31.1 Å². The molecule has 0 aliphatic carbocycles. The van der Waals surface area contributed by atoms with Crippen molar-refractivity contribution in [1.82, 2.24) is 20.6 Å². The number of carbonyl (C=O) groups is 2. The number of amides is 2. The van der Waals surface area contributed by atoms with Crippen molar-refractivity contribution < 1.29 is 19.1 Å². The fourth-order valence-corrected chi connectivity index (χ4v) is 3.37. The van der Waals surface area contributed by atoms with Gasteiger partial charge in [0, 0.05) is 22.8 Å². The Morgan fingerprint density at radius 2 is 2.07 bits per heavy atom. The SMILES string of the molecule is COC(=O)NC1CC/C=C\COCCC(c2nc(-c3ccc(Br)cc3)c[nH]2)NC1=O. The maximum atomic E-state index is 12.9. The van der Waals surface area contributed by atoms with Crippen molar-refractivity contribution in [3.63, 3.8) is 0 Å². The lowest BCUT2D eigenvalue weighted by molar-refractivity contribution is -0.124. The summed E-state index contributed by atoms with van der Waals surface area (Å²) in [7, 11) is 1.27. The van der Waals surface area contributed by atoms with Gasteiger partial charge in [0.25, 0.3) is 0 Å². The molecular formula is C21H25BrN4O4. The molecule has 1 aliphatic heterocycles. The number of aromatic nitrogens is 2. The maximum Gasteiger partial charge on any atom is 0.407 e. The molecule has 9 heteroatoms. The van der Waals surface area contributed by atoms with Crippen molar-refractivity contribution in [3.8, 4) is 11.3 Å². The number of nitrogens with zero attached hydrogens (tertiary/aromatic N) is 1. The summed E-state index contributed by atoms with van der Waals surface area (Å²) in [5.41, 5.74) is 1.75. The first-order chi connectivity index (χ1) is 14.6. The van der Waals surface area contributed by atoms with Crippen molar-refractivity contribution in [1.29, 1.82) is 0 Å². The standard InChI is InChI=1S/C21H25BrN4O4/c1-29-21(28)26-17-5-3-2-4-11-30-12-10-16(25-20(17)27)19-23-13-18(24-19)14-6-8-15(22)9-7-14/h2,4,6-9,13,16-17H,3,5,10-12H2,1H3,(H,23,24)(H,25,27)(H,26,28)/b4-2-. The largest absolute Gasteiger partial charge is 0.453 e. The van der Waals surface area contributed by atoms with Crippen molar-refractivity contribution in [2.45, 2.75) is 31.3 Å². The third kappa shape index (κ3) is 6.17. The van der Waals surface area contributed by atoms with Crippen LogP contribution in [0.4, 0.5) is 4.79 Å². The van der Waals surface area contributed by atoms with E-state index in [1.165, 1.54) is 7.11 Å². The predicted octanol–water partition coefficient (Wildman–Crippen LogP) is 3.48. The van der Waals surface area contributed by atoms with Crippen LogP contribution in [0.3, 0.4) is 0 Å². The van der Waals surface area contributed by atoms with E-state index in [9.17, 15) is 9.59 Å². The molecule has 0 radical (unpaired) electrons. The summed E-state index contributed by atoms with van der Waals surface area (Å²) in [6.45, 7) is 0.955. The Labute approximate surface area is 183 Å². The third-order valence-electron chi connectivity index (χ3n) is 4.73. The minimum Gasteiger partial charge on any atom is -0.453 e. The van der Waals surface area contributed by atoms with Gasteiger partial charge < -0.3 is 25.1 Å². The second kappa shape index (κ2) is 10.9. The van der Waals surface area contributed by atoms with Gasteiger partial charge in [0.2, 0.25) is 5.91 Å². The first-order valence-electron chi connectivity index (χ1n) is 9.75. The van der Waals surface area contributed by atoms with Crippen LogP contribution in [0.25, 0.3) is 11.3 Å². The van der Waals surface area contributed by atoms with E-state index in [4.69, 9.17) is 4.74 Å². The van der Waals surface area contributed by atoms with Gasteiger partial charge in [-0.15, -0.1) is 0 Å². The number of alkyl carbamates (subject to hydrolysis) is 1. The Morgan fingerprint density at radius 3 is 2.83 bits per heavy atom. The van der Waals surface area contributed by atoms with Crippen LogP contribution in [0.15, 0.2) is 47.1 Å². The zero-order chi connectivity index (χ0) is 21.3. The number of nitrogens with one attached hydrogen (secondary N) is 3. The second-order valence-electron chi connectivity index (χ2n) is 6.84. The molecule has 8 nitrogen and oxygen atoms in total. The van der Waals surface area contributed by atoms with Crippen LogP contribution in [0, 0.1) is 0 Å². The Hall–Kier alpha value is -2.65. The molecule has 1 aromatic carbocycles. The smallest absolute Gasteiger partial charge is 0.407 e. The molecule has 0 bridgehead atoms. The highest BCUT2D eigenvalue weighted by atomic mass is 79.9. The highest BCUT2D eigenvalue weighted by molar-refractivity contribution is 9.10. The molecule has 2 aromatic rings. The summed E-state index contributed by atoms with van der Waals surface area (Å²) in [6.07, 6.45) is 6.66. The van der Waals surface area contributed by atoms with Gasteiger partial charge in [-0.1, -0.05) is 40.2 Å². The van der Waals surface area contributed by atoms with Crippen LogP contribution in [-0.4, -0.2) is 48.3 Å². The number of rotatable bonds is 3. The number of hydrogen-bond acceptors (Lipinski definition) is 5. The van der Waals surface area contributed by atoms with Crippen LogP contribution in [0.5, 0.6) is 0 Å². The molecule has 30 heavy (non-hydrogen) atoms. The molecule has 2 amide bonds.